The summed E-state index contributed by atoms with van der Waals surface area (Å²) in [6.07, 6.45) is 1.67. The first kappa shape index (κ1) is 11.7. The molecule has 1 heterocycles. The molecule has 0 saturated heterocycles. The summed E-state index contributed by atoms with van der Waals surface area (Å²) in [6, 6.07) is 4.54. The maximum absolute atomic E-state index is 13.5. The zero-order chi connectivity index (χ0) is 12.3. The van der Waals surface area contributed by atoms with E-state index < -0.39 is 11.7 Å². The largest absolute Gasteiger partial charge is 0.345 e. The van der Waals surface area contributed by atoms with Gasteiger partial charge in [0.15, 0.2) is 0 Å². The summed E-state index contributed by atoms with van der Waals surface area (Å²) in [7, 11) is 0. The van der Waals surface area contributed by atoms with Crippen molar-refractivity contribution in [1.29, 1.82) is 0 Å². The molecule has 1 amide bonds. The van der Waals surface area contributed by atoms with Gasteiger partial charge in [0.05, 0.1) is 12.1 Å². The molecular weight excluding hydrogens is 239 g/mol. The van der Waals surface area contributed by atoms with Gasteiger partial charge in [0.25, 0.3) is 5.91 Å². The second-order valence-electron chi connectivity index (χ2n) is 3.59. The van der Waals surface area contributed by atoms with Crippen molar-refractivity contribution >= 4 is 17.2 Å². The van der Waals surface area contributed by atoms with Gasteiger partial charge in [-0.3, -0.25) is 4.79 Å². The molecule has 2 aromatic rings. The van der Waals surface area contributed by atoms with E-state index in [0.717, 1.165) is 10.6 Å². The van der Waals surface area contributed by atoms with E-state index in [0.29, 0.717) is 6.54 Å². The van der Waals surface area contributed by atoms with Crippen LogP contribution >= 0.6 is 11.3 Å². The number of nitrogens with zero attached hydrogens (tertiary/aromatic N) is 1. The molecule has 5 heteroatoms. The van der Waals surface area contributed by atoms with Crippen LogP contribution in [0.2, 0.25) is 0 Å². The number of amides is 1. The number of thiazole rings is 1. The average Bonchev–Trinajstić information content (AvgIpc) is 2.78. The molecule has 0 saturated carbocycles. The lowest BCUT2D eigenvalue weighted by Gasteiger charge is -2.04. The van der Waals surface area contributed by atoms with Crippen LogP contribution in [0.15, 0.2) is 29.8 Å². The van der Waals surface area contributed by atoms with Crippen LogP contribution in [0, 0.1) is 12.7 Å². The zero-order valence-corrected chi connectivity index (χ0v) is 10.1. The molecule has 1 N–H and O–H groups in total. The van der Waals surface area contributed by atoms with E-state index in [1.165, 1.54) is 23.5 Å². The molecule has 0 bridgehead atoms. The fourth-order valence-electron chi connectivity index (χ4n) is 1.40. The molecule has 0 atom stereocenters. The van der Waals surface area contributed by atoms with Gasteiger partial charge in [0.2, 0.25) is 0 Å². The van der Waals surface area contributed by atoms with Crippen LogP contribution < -0.4 is 5.32 Å². The van der Waals surface area contributed by atoms with E-state index in [2.05, 4.69) is 10.3 Å². The number of aromatic nitrogens is 1. The Morgan fingerprint density at radius 1 is 1.53 bits per heavy atom. The van der Waals surface area contributed by atoms with E-state index >= 15 is 0 Å². The average molecular weight is 250 g/mol. The predicted octanol–water partition coefficient (Wildman–Crippen LogP) is 2.52. The number of aryl methyl sites for hydroxylation is 1. The third-order valence-electron chi connectivity index (χ3n) is 2.25. The molecule has 0 unspecified atom stereocenters. The number of halogens is 1. The highest BCUT2D eigenvalue weighted by Gasteiger charge is 2.11. The first-order valence-corrected chi connectivity index (χ1v) is 5.97. The Kier molecular flexibility index (Phi) is 3.49. The van der Waals surface area contributed by atoms with Crippen LogP contribution in [-0.4, -0.2) is 10.9 Å². The molecule has 88 valence electrons. The predicted molar refractivity (Wildman–Crippen MR) is 64.4 cm³/mol. The molecule has 0 aliphatic rings. The topological polar surface area (TPSA) is 42.0 Å². The van der Waals surface area contributed by atoms with Crippen LogP contribution in [0.4, 0.5) is 4.39 Å². The third-order valence-corrected chi connectivity index (χ3v) is 3.03. The Morgan fingerprint density at radius 2 is 2.35 bits per heavy atom. The van der Waals surface area contributed by atoms with Gasteiger partial charge in [0.1, 0.15) is 10.8 Å². The van der Waals surface area contributed by atoms with Gasteiger partial charge in [-0.1, -0.05) is 6.07 Å². The first-order valence-electron chi connectivity index (χ1n) is 5.09. The van der Waals surface area contributed by atoms with Gasteiger partial charge in [-0.2, -0.15) is 0 Å². The van der Waals surface area contributed by atoms with Gasteiger partial charge in [0, 0.05) is 11.6 Å². The highest BCUT2D eigenvalue weighted by molar-refractivity contribution is 7.09. The number of benzene rings is 1. The van der Waals surface area contributed by atoms with Crippen LogP contribution in [-0.2, 0) is 6.54 Å². The highest BCUT2D eigenvalue weighted by atomic mass is 32.1. The number of carbonyl (C=O) groups is 1. The lowest BCUT2D eigenvalue weighted by molar-refractivity contribution is 0.0947. The molecule has 1 aromatic carbocycles. The summed E-state index contributed by atoms with van der Waals surface area (Å²) < 4.78 is 13.5. The number of hydrogen-bond donors (Lipinski definition) is 1. The Balaban J connectivity index is 2.04. The summed E-state index contributed by atoms with van der Waals surface area (Å²) in [5, 5.41) is 5.26. The van der Waals surface area contributed by atoms with E-state index in [-0.39, 0.29) is 5.56 Å². The molecule has 2 rings (SSSR count). The molecule has 17 heavy (non-hydrogen) atoms. The van der Waals surface area contributed by atoms with Crippen LogP contribution in [0.5, 0.6) is 0 Å². The van der Waals surface area contributed by atoms with Gasteiger partial charge in [-0.15, -0.1) is 11.3 Å². The molecule has 0 aliphatic heterocycles. The van der Waals surface area contributed by atoms with Crippen LogP contribution in [0.3, 0.4) is 0 Å². The van der Waals surface area contributed by atoms with Gasteiger partial charge < -0.3 is 5.32 Å². The summed E-state index contributed by atoms with van der Waals surface area (Å²) in [6.45, 7) is 2.10. The lowest BCUT2D eigenvalue weighted by atomic mass is 10.1. The molecule has 1 aromatic heterocycles. The van der Waals surface area contributed by atoms with Gasteiger partial charge >= 0.3 is 0 Å². The Labute approximate surface area is 102 Å². The summed E-state index contributed by atoms with van der Waals surface area (Å²) >= 11 is 1.45. The van der Waals surface area contributed by atoms with Gasteiger partial charge in [-0.05, 0) is 24.6 Å². The monoisotopic (exact) mass is 250 g/mol. The van der Waals surface area contributed by atoms with Crippen molar-refractivity contribution in [2.45, 2.75) is 13.5 Å². The third kappa shape index (κ3) is 2.88. The fourth-order valence-corrected chi connectivity index (χ4v) is 1.95. The molecule has 0 spiro atoms. The Morgan fingerprint density at radius 3 is 3.00 bits per heavy atom. The van der Waals surface area contributed by atoms with E-state index in [4.69, 9.17) is 0 Å². The van der Waals surface area contributed by atoms with Crippen molar-refractivity contribution in [3.63, 3.8) is 0 Å². The molecule has 0 radical (unpaired) electrons. The van der Waals surface area contributed by atoms with Crippen molar-refractivity contribution in [1.82, 2.24) is 10.3 Å². The number of carbonyl (C=O) groups excluding carboxylic acids is 1. The molecule has 0 fully saturated rings. The standard InChI is InChI=1S/C12H11FN2OS/c1-8-2-3-9(10(13)6-8)12(16)15-7-11-14-4-5-17-11/h2-6H,7H2,1H3,(H,15,16). The molecule has 3 nitrogen and oxygen atoms in total. The summed E-state index contributed by atoms with van der Waals surface area (Å²) in [5.74, 6) is -0.917. The summed E-state index contributed by atoms with van der Waals surface area (Å²) in [5.41, 5.74) is 0.853. The molecule has 0 aliphatic carbocycles. The van der Waals surface area contributed by atoms with E-state index in [1.54, 1.807) is 19.2 Å². The second kappa shape index (κ2) is 5.05. The van der Waals surface area contributed by atoms with Crippen LogP contribution in [0.25, 0.3) is 0 Å². The number of nitrogens with one attached hydrogen (secondary N) is 1. The van der Waals surface area contributed by atoms with Crippen molar-refractivity contribution < 1.29 is 9.18 Å². The SMILES string of the molecule is Cc1ccc(C(=O)NCc2nccs2)c(F)c1. The highest BCUT2D eigenvalue weighted by Crippen LogP contribution is 2.10. The molecular formula is C12H11FN2OS. The summed E-state index contributed by atoms with van der Waals surface area (Å²) in [4.78, 5) is 15.7. The normalized spacial score (nSPS) is 10.2. The maximum Gasteiger partial charge on any atom is 0.254 e. The van der Waals surface area contributed by atoms with Crippen molar-refractivity contribution in [2.75, 3.05) is 0 Å². The zero-order valence-electron chi connectivity index (χ0n) is 9.24. The minimum atomic E-state index is -0.498. The second-order valence-corrected chi connectivity index (χ2v) is 4.57. The Bertz CT molecular complexity index is 525. The van der Waals surface area contributed by atoms with Crippen molar-refractivity contribution in [2.24, 2.45) is 0 Å². The van der Waals surface area contributed by atoms with Crippen molar-refractivity contribution in [3.8, 4) is 0 Å². The van der Waals surface area contributed by atoms with Crippen LogP contribution in [0.1, 0.15) is 20.9 Å². The first-order chi connectivity index (χ1) is 8.16. The van der Waals surface area contributed by atoms with Crippen molar-refractivity contribution in [3.05, 3.63) is 51.7 Å². The minimum Gasteiger partial charge on any atom is -0.345 e. The van der Waals surface area contributed by atoms with Gasteiger partial charge in [-0.25, -0.2) is 9.37 Å². The quantitative estimate of drug-likeness (QED) is 0.909. The Hall–Kier alpha value is -1.75. The van der Waals surface area contributed by atoms with E-state index in [9.17, 15) is 9.18 Å². The number of hydrogen-bond acceptors (Lipinski definition) is 3. The smallest absolute Gasteiger partial charge is 0.254 e. The minimum absolute atomic E-state index is 0.0622. The van der Waals surface area contributed by atoms with E-state index in [1.807, 2.05) is 5.38 Å². The number of rotatable bonds is 3. The maximum atomic E-state index is 13.5. The fraction of sp³-hybridized carbons (Fsp3) is 0.167. The lowest BCUT2D eigenvalue weighted by Crippen LogP contribution is -2.23.